The zero-order valence-electron chi connectivity index (χ0n) is 18.7. The maximum atomic E-state index is 13.4. The number of benzene rings is 2. The summed E-state index contributed by atoms with van der Waals surface area (Å²) in [5, 5.41) is 4.27. The zero-order valence-corrected chi connectivity index (χ0v) is 18.7. The van der Waals surface area contributed by atoms with E-state index in [1.165, 1.54) is 11.1 Å². The second-order valence-corrected chi connectivity index (χ2v) is 8.94. The third kappa shape index (κ3) is 4.72. The Kier molecular flexibility index (Phi) is 6.23. The van der Waals surface area contributed by atoms with Gasteiger partial charge in [0.2, 0.25) is 5.91 Å². The number of carbonyl (C=O) groups is 1. The van der Waals surface area contributed by atoms with Gasteiger partial charge in [-0.1, -0.05) is 59.8 Å². The number of piperidine rings is 1. The molecule has 0 aliphatic carbocycles. The van der Waals surface area contributed by atoms with Crippen molar-refractivity contribution in [2.24, 2.45) is 5.41 Å². The van der Waals surface area contributed by atoms with Gasteiger partial charge in [0.05, 0.1) is 5.41 Å². The van der Waals surface area contributed by atoms with E-state index in [-0.39, 0.29) is 5.91 Å². The van der Waals surface area contributed by atoms with E-state index in [1.807, 2.05) is 50.5 Å². The summed E-state index contributed by atoms with van der Waals surface area (Å²) in [4.78, 5) is 17.5. The molecule has 0 N–H and O–H groups in total. The molecule has 1 aromatic heterocycles. The fourth-order valence-electron chi connectivity index (χ4n) is 4.73. The fourth-order valence-corrected chi connectivity index (χ4v) is 4.73. The van der Waals surface area contributed by atoms with Crippen molar-refractivity contribution in [1.82, 2.24) is 15.0 Å². The number of aromatic nitrogens is 1. The lowest BCUT2D eigenvalue weighted by atomic mass is 9.75. The van der Waals surface area contributed by atoms with Crippen LogP contribution in [0, 0.1) is 12.3 Å². The molecule has 2 aromatic carbocycles. The summed E-state index contributed by atoms with van der Waals surface area (Å²) < 4.78 is 5.71. The summed E-state index contributed by atoms with van der Waals surface area (Å²) in [6, 6.07) is 20.5. The number of rotatable bonds is 6. The van der Waals surface area contributed by atoms with Crippen LogP contribution in [0.1, 0.15) is 29.7 Å². The normalized spacial score (nSPS) is 19.3. The van der Waals surface area contributed by atoms with E-state index in [4.69, 9.17) is 4.52 Å². The summed E-state index contributed by atoms with van der Waals surface area (Å²) in [6.45, 7) is 4.74. The van der Waals surface area contributed by atoms with Crippen LogP contribution in [0.5, 0.6) is 0 Å². The smallest absolute Gasteiger partial charge is 0.230 e. The van der Waals surface area contributed by atoms with Gasteiger partial charge in [-0.2, -0.15) is 0 Å². The van der Waals surface area contributed by atoms with Gasteiger partial charge in [-0.15, -0.1) is 0 Å². The summed E-state index contributed by atoms with van der Waals surface area (Å²) >= 11 is 0. The summed E-state index contributed by atoms with van der Waals surface area (Å²) in [6.07, 6.45) is 2.41. The highest BCUT2D eigenvalue weighted by Crippen LogP contribution is 2.37. The highest BCUT2D eigenvalue weighted by atomic mass is 16.5. The number of hydrogen-bond donors (Lipinski definition) is 0. The Labute approximate surface area is 184 Å². The van der Waals surface area contributed by atoms with Gasteiger partial charge in [-0.3, -0.25) is 9.69 Å². The highest BCUT2D eigenvalue weighted by molar-refractivity contribution is 5.83. The van der Waals surface area contributed by atoms with Crippen molar-refractivity contribution in [2.45, 2.75) is 32.7 Å². The number of aryl methyl sites for hydroxylation is 1. The first-order valence-corrected chi connectivity index (χ1v) is 11.0. The van der Waals surface area contributed by atoms with Crippen molar-refractivity contribution in [3.05, 3.63) is 77.6 Å². The maximum absolute atomic E-state index is 13.4. The summed E-state index contributed by atoms with van der Waals surface area (Å²) in [7, 11) is 3.69. The van der Waals surface area contributed by atoms with Crippen molar-refractivity contribution >= 4 is 5.91 Å². The van der Waals surface area contributed by atoms with Crippen molar-refractivity contribution in [1.29, 1.82) is 0 Å². The number of nitrogens with zero attached hydrogens (tertiary/aromatic N) is 3. The van der Waals surface area contributed by atoms with Gasteiger partial charge >= 0.3 is 0 Å². The third-order valence-electron chi connectivity index (χ3n) is 6.31. The first kappa shape index (κ1) is 21.3. The fraction of sp³-hybridized carbons (Fsp3) is 0.385. The van der Waals surface area contributed by atoms with Crippen LogP contribution in [-0.2, 0) is 17.8 Å². The molecular formula is C26H31N3O2. The molecule has 1 aliphatic rings. The van der Waals surface area contributed by atoms with Crippen molar-refractivity contribution in [3.63, 3.8) is 0 Å². The Hall–Kier alpha value is -2.92. The molecule has 5 nitrogen and oxygen atoms in total. The lowest BCUT2D eigenvalue weighted by Gasteiger charge is -2.42. The molecule has 0 bridgehead atoms. The molecule has 0 saturated carbocycles. The number of carbonyl (C=O) groups excluding carboxylic acids is 1. The monoisotopic (exact) mass is 417 g/mol. The van der Waals surface area contributed by atoms with Gasteiger partial charge in [0.25, 0.3) is 0 Å². The first-order chi connectivity index (χ1) is 15.0. The second kappa shape index (κ2) is 9.06. The second-order valence-electron chi connectivity index (χ2n) is 8.94. The molecular weight excluding hydrogens is 386 g/mol. The van der Waals surface area contributed by atoms with Crippen LogP contribution in [0.3, 0.4) is 0 Å². The number of likely N-dealkylation sites (tertiary alicyclic amines) is 1. The SMILES string of the molecule is Cc1ccccc1CN1CCC[C@@](Cc2cc(-c3ccccc3)no2)(C(=O)N(C)C)C1. The Morgan fingerprint density at radius 1 is 1.13 bits per heavy atom. The molecule has 5 heteroatoms. The van der Waals surface area contributed by atoms with Gasteiger partial charge in [0.1, 0.15) is 11.5 Å². The van der Waals surface area contributed by atoms with Gasteiger partial charge in [0.15, 0.2) is 0 Å². The van der Waals surface area contributed by atoms with Crippen LogP contribution in [0.15, 0.2) is 65.2 Å². The summed E-state index contributed by atoms with van der Waals surface area (Å²) in [5.41, 5.74) is 3.95. The molecule has 3 aromatic rings. The van der Waals surface area contributed by atoms with E-state index in [0.29, 0.717) is 6.42 Å². The van der Waals surface area contributed by atoms with E-state index >= 15 is 0 Å². The minimum atomic E-state index is -0.502. The highest BCUT2D eigenvalue weighted by Gasteiger charge is 2.44. The van der Waals surface area contributed by atoms with E-state index < -0.39 is 5.41 Å². The van der Waals surface area contributed by atoms with Crippen LogP contribution >= 0.6 is 0 Å². The van der Waals surface area contributed by atoms with E-state index in [0.717, 1.165) is 49.5 Å². The average Bonchev–Trinajstić information content (AvgIpc) is 3.24. The predicted molar refractivity (Wildman–Crippen MR) is 122 cm³/mol. The van der Waals surface area contributed by atoms with E-state index in [9.17, 15) is 4.79 Å². The molecule has 1 saturated heterocycles. The van der Waals surface area contributed by atoms with Gasteiger partial charge in [-0.05, 0) is 37.4 Å². The van der Waals surface area contributed by atoms with Crippen LogP contribution in [0.4, 0.5) is 0 Å². The molecule has 31 heavy (non-hydrogen) atoms. The van der Waals surface area contributed by atoms with Gasteiger partial charge in [0, 0.05) is 45.2 Å². The number of hydrogen-bond acceptors (Lipinski definition) is 4. The Morgan fingerprint density at radius 2 is 1.87 bits per heavy atom. The standard InChI is InChI=1S/C26H31N3O2/c1-20-10-7-8-13-22(20)18-29-15-9-14-26(19-29,25(30)28(2)3)17-23-16-24(27-31-23)21-11-5-4-6-12-21/h4-8,10-13,16H,9,14-15,17-19H2,1-3H3/t26-/m0/s1. The van der Waals surface area contributed by atoms with Gasteiger partial charge in [-0.25, -0.2) is 0 Å². The van der Waals surface area contributed by atoms with Crippen LogP contribution in [-0.4, -0.2) is 48.0 Å². The Bertz CT molecular complexity index is 1030. The molecule has 1 amide bonds. The average molecular weight is 418 g/mol. The minimum Gasteiger partial charge on any atom is -0.361 e. The molecule has 162 valence electrons. The minimum absolute atomic E-state index is 0.166. The molecule has 2 heterocycles. The third-order valence-corrected chi connectivity index (χ3v) is 6.31. The quantitative estimate of drug-likeness (QED) is 0.590. The molecule has 0 radical (unpaired) electrons. The van der Waals surface area contributed by atoms with Crippen LogP contribution in [0.2, 0.25) is 0 Å². The largest absolute Gasteiger partial charge is 0.361 e. The Balaban J connectivity index is 1.58. The van der Waals surface area contributed by atoms with Crippen LogP contribution < -0.4 is 0 Å². The predicted octanol–water partition coefficient (Wildman–Crippen LogP) is 4.56. The van der Waals surface area contributed by atoms with Gasteiger partial charge < -0.3 is 9.42 Å². The zero-order chi connectivity index (χ0) is 21.8. The van der Waals surface area contributed by atoms with E-state index in [2.05, 4.69) is 41.2 Å². The van der Waals surface area contributed by atoms with Crippen molar-refractivity contribution in [2.75, 3.05) is 27.2 Å². The Morgan fingerprint density at radius 3 is 2.61 bits per heavy atom. The molecule has 0 spiro atoms. The maximum Gasteiger partial charge on any atom is 0.230 e. The van der Waals surface area contributed by atoms with Crippen molar-refractivity contribution < 1.29 is 9.32 Å². The lowest BCUT2D eigenvalue weighted by molar-refractivity contribution is -0.143. The molecule has 1 aliphatic heterocycles. The first-order valence-electron chi connectivity index (χ1n) is 11.0. The van der Waals surface area contributed by atoms with Crippen LogP contribution in [0.25, 0.3) is 11.3 Å². The number of amides is 1. The topological polar surface area (TPSA) is 49.6 Å². The van der Waals surface area contributed by atoms with Crippen molar-refractivity contribution in [3.8, 4) is 11.3 Å². The molecule has 1 atom stereocenters. The van der Waals surface area contributed by atoms with E-state index in [1.54, 1.807) is 4.90 Å². The molecule has 4 rings (SSSR count). The molecule has 1 fully saturated rings. The lowest BCUT2D eigenvalue weighted by Crippen LogP contribution is -2.52. The summed E-state index contributed by atoms with van der Waals surface area (Å²) in [5.74, 6) is 0.937. The molecule has 0 unspecified atom stereocenters.